The molecule has 4 rings (SSSR count). The second-order valence-corrected chi connectivity index (χ2v) is 6.64. The average Bonchev–Trinajstić information content (AvgIpc) is 3.36. The van der Waals surface area contributed by atoms with E-state index in [1.807, 2.05) is 36.5 Å². The van der Waals surface area contributed by atoms with Crippen molar-refractivity contribution in [3.63, 3.8) is 0 Å². The molecule has 0 radical (unpaired) electrons. The van der Waals surface area contributed by atoms with Crippen LogP contribution in [0.15, 0.2) is 55.0 Å². The summed E-state index contributed by atoms with van der Waals surface area (Å²) in [5.41, 5.74) is 8.53. The molecule has 0 spiro atoms. The summed E-state index contributed by atoms with van der Waals surface area (Å²) in [4.78, 5) is 16.5. The van der Waals surface area contributed by atoms with E-state index >= 15 is 0 Å². The van der Waals surface area contributed by atoms with Crippen LogP contribution in [-0.4, -0.2) is 35.2 Å². The van der Waals surface area contributed by atoms with Gasteiger partial charge in [0.1, 0.15) is 11.8 Å². The topological polar surface area (TPSA) is 80.2 Å². The number of hydrogen-bond acceptors (Lipinski definition) is 5. The Kier molecular flexibility index (Phi) is 5.04. The molecule has 2 unspecified atom stereocenters. The third-order valence-electron chi connectivity index (χ3n) is 4.96. The normalized spacial score (nSPS) is 19.3. The Morgan fingerprint density at radius 2 is 2.11 bits per heavy atom. The van der Waals surface area contributed by atoms with E-state index in [0.717, 1.165) is 28.8 Å². The highest BCUT2D eigenvalue weighted by Gasteiger charge is 2.29. The molecule has 27 heavy (non-hydrogen) atoms. The van der Waals surface area contributed by atoms with Gasteiger partial charge >= 0.3 is 0 Å². The van der Waals surface area contributed by atoms with Crippen molar-refractivity contribution in [3.8, 4) is 5.75 Å². The quantitative estimate of drug-likeness (QED) is 0.620. The van der Waals surface area contributed by atoms with Crippen LogP contribution in [0.1, 0.15) is 18.0 Å². The van der Waals surface area contributed by atoms with E-state index in [1.54, 1.807) is 19.5 Å². The number of pyridine rings is 1. The highest BCUT2D eigenvalue weighted by Crippen LogP contribution is 2.22. The molecule has 140 valence electrons. The zero-order chi connectivity index (χ0) is 18.6. The molecule has 3 N–H and O–H groups in total. The molecule has 1 aromatic carbocycles. The Hall–Kier alpha value is -2.90. The van der Waals surface area contributed by atoms with E-state index in [-0.39, 0.29) is 18.0 Å². The standard InChI is InChI=1S/C20H23N5O2/c1-27-16-2-3-19-15(12-16)6-10-25(19)11-9-22-20(26)18-13-17(23-24-18)14-4-7-21-8-5-14/h2-8,10,12,17-18,23-24H,9,11,13H2,1H3,(H,22,26). The number of benzene rings is 1. The van der Waals surface area contributed by atoms with Crippen LogP contribution in [0.2, 0.25) is 0 Å². The number of hydrogen-bond donors (Lipinski definition) is 3. The maximum atomic E-state index is 12.4. The second-order valence-electron chi connectivity index (χ2n) is 6.64. The van der Waals surface area contributed by atoms with Gasteiger partial charge < -0.3 is 14.6 Å². The summed E-state index contributed by atoms with van der Waals surface area (Å²) in [6.07, 6.45) is 6.27. The van der Waals surface area contributed by atoms with Crippen LogP contribution >= 0.6 is 0 Å². The van der Waals surface area contributed by atoms with E-state index in [9.17, 15) is 4.79 Å². The van der Waals surface area contributed by atoms with Crippen LogP contribution in [0.3, 0.4) is 0 Å². The first-order chi connectivity index (χ1) is 13.2. The molecular formula is C20H23N5O2. The summed E-state index contributed by atoms with van der Waals surface area (Å²) in [6, 6.07) is 11.9. The third-order valence-corrected chi connectivity index (χ3v) is 4.96. The van der Waals surface area contributed by atoms with Gasteiger partial charge in [0.25, 0.3) is 0 Å². The number of nitrogens with zero attached hydrogens (tertiary/aromatic N) is 2. The minimum Gasteiger partial charge on any atom is -0.497 e. The Balaban J connectivity index is 1.30. The molecule has 1 aliphatic heterocycles. The number of amides is 1. The fourth-order valence-electron chi connectivity index (χ4n) is 3.47. The van der Waals surface area contributed by atoms with Crippen LogP contribution in [0.5, 0.6) is 5.75 Å². The monoisotopic (exact) mass is 365 g/mol. The first-order valence-electron chi connectivity index (χ1n) is 9.06. The smallest absolute Gasteiger partial charge is 0.238 e. The maximum absolute atomic E-state index is 12.4. The average molecular weight is 365 g/mol. The predicted octanol–water partition coefficient (Wildman–Crippen LogP) is 1.77. The molecule has 7 nitrogen and oxygen atoms in total. The minimum atomic E-state index is -0.242. The number of methoxy groups -OCH3 is 1. The molecule has 1 fully saturated rings. The molecule has 2 aromatic heterocycles. The molecule has 3 heterocycles. The van der Waals surface area contributed by atoms with Crippen LogP contribution in [-0.2, 0) is 11.3 Å². The summed E-state index contributed by atoms with van der Waals surface area (Å²) in [6.45, 7) is 1.29. The van der Waals surface area contributed by atoms with E-state index < -0.39 is 0 Å². The lowest BCUT2D eigenvalue weighted by Crippen LogP contribution is -2.44. The lowest BCUT2D eigenvalue weighted by atomic mass is 10.0. The van der Waals surface area contributed by atoms with E-state index in [4.69, 9.17) is 4.74 Å². The Bertz CT molecular complexity index is 925. The predicted molar refractivity (Wildman–Crippen MR) is 103 cm³/mol. The van der Waals surface area contributed by atoms with Crippen molar-refractivity contribution in [2.75, 3.05) is 13.7 Å². The van der Waals surface area contributed by atoms with Crippen molar-refractivity contribution in [2.45, 2.75) is 25.0 Å². The number of carbonyl (C=O) groups excluding carboxylic acids is 1. The van der Waals surface area contributed by atoms with Crippen molar-refractivity contribution in [1.29, 1.82) is 0 Å². The molecular weight excluding hydrogens is 342 g/mol. The maximum Gasteiger partial charge on any atom is 0.238 e. The highest BCUT2D eigenvalue weighted by molar-refractivity contribution is 5.82. The van der Waals surface area contributed by atoms with Gasteiger partial charge in [-0.05, 0) is 48.4 Å². The minimum absolute atomic E-state index is 0.0113. The zero-order valence-corrected chi connectivity index (χ0v) is 15.2. The lowest BCUT2D eigenvalue weighted by molar-refractivity contribution is -0.122. The number of fused-ring (bicyclic) bond motifs is 1. The van der Waals surface area contributed by atoms with Gasteiger partial charge in [-0.3, -0.25) is 9.78 Å². The fourth-order valence-corrected chi connectivity index (χ4v) is 3.47. The number of rotatable bonds is 6. The van der Waals surface area contributed by atoms with Crippen molar-refractivity contribution >= 4 is 16.8 Å². The van der Waals surface area contributed by atoms with Gasteiger partial charge in [0, 0.05) is 48.6 Å². The Labute approximate surface area is 157 Å². The van der Waals surface area contributed by atoms with E-state index in [1.165, 1.54) is 0 Å². The molecule has 0 aliphatic carbocycles. The van der Waals surface area contributed by atoms with Gasteiger partial charge in [-0.2, -0.15) is 0 Å². The van der Waals surface area contributed by atoms with E-state index in [2.05, 4.69) is 31.8 Å². The summed E-state index contributed by atoms with van der Waals surface area (Å²) >= 11 is 0. The second kappa shape index (κ2) is 7.77. The number of nitrogens with one attached hydrogen (secondary N) is 3. The SMILES string of the molecule is COc1ccc2c(ccn2CCNC(=O)C2CC(c3ccncc3)NN2)c1. The van der Waals surface area contributed by atoms with Crippen molar-refractivity contribution in [2.24, 2.45) is 0 Å². The van der Waals surface area contributed by atoms with Crippen molar-refractivity contribution in [3.05, 3.63) is 60.6 Å². The number of carbonyl (C=O) groups is 1. The summed E-state index contributed by atoms with van der Waals surface area (Å²) in [7, 11) is 1.67. The molecule has 0 bridgehead atoms. The van der Waals surface area contributed by atoms with Crippen LogP contribution < -0.4 is 20.9 Å². The molecule has 1 saturated heterocycles. The van der Waals surface area contributed by atoms with E-state index in [0.29, 0.717) is 13.0 Å². The lowest BCUT2D eigenvalue weighted by Gasteiger charge is -2.12. The number of hydrazine groups is 1. The van der Waals surface area contributed by atoms with Gasteiger partial charge in [0.15, 0.2) is 0 Å². The number of aromatic nitrogens is 2. The first-order valence-corrected chi connectivity index (χ1v) is 9.06. The van der Waals surface area contributed by atoms with Crippen LogP contribution in [0.25, 0.3) is 10.9 Å². The zero-order valence-electron chi connectivity index (χ0n) is 15.2. The van der Waals surface area contributed by atoms with Gasteiger partial charge in [0.05, 0.1) is 7.11 Å². The van der Waals surface area contributed by atoms with Crippen LogP contribution in [0.4, 0.5) is 0 Å². The fraction of sp³-hybridized carbons (Fsp3) is 0.300. The molecule has 2 atom stereocenters. The molecule has 1 aliphatic rings. The third kappa shape index (κ3) is 3.79. The molecule has 3 aromatic rings. The molecule has 0 saturated carbocycles. The van der Waals surface area contributed by atoms with Gasteiger partial charge in [-0.1, -0.05) is 0 Å². The Morgan fingerprint density at radius 1 is 1.26 bits per heavy atom. The first kappa shape index (κ1) is 17.5. The summed E-state index contributed by atoms with van der Waals surface area (Å²) in [5, 5.41) is 4.15. The molecule has 7 heteroatoms. The Morgan fingerprint density at radius 3 is 2.93 bits per heavy atom. The highest BCUT2D eigenvalue weighted by atomic mass is 16.5. The summed E-state index contributed by atoms with van der Waals surface area (Å²) in [5.74, 6) is 0.856. The molecule has 1 amide bonds. The summed E-state index contributed by atoms with van der Waals surface area (Å²) < 4.78 is 7.39. The van der Waals surface area contributed by atoms with Gasteiger partial charge in [-0.15, -0.1) is 0 Å². The van der Waals surface area contributed by atoms with Crippen molar-refractivity contribution < 1.29 is 9.53 Å². The number of ether oxygens (including phenoxy) is 1. The van der Waals surface area contributed by atoms with Gasteiger partial charge in [-0.25, -0.2) is 10.9 Å². The van der Waals surface area contributed by atoms with Gasteiger partial charge in [0.2, 0.25) is 5.91 Å². The van der Waals surface area contributed by atoms with Crippen LogP contribution in [0, 0.1) is 0 Å². The largest absolute Gasteiger partial charge is 0.497 e. The van der Waals surface area contributed by atoms with Crippen molar-refractivity contribution in [1.82, 2.24) is 25.7 Å².